The van der Waals surface area contributed by atoms with Crippen LogP contribution in [0.5, 0.6) is 23.0 Å². The van der Waals surface area contributed by atoms with Crippen LogP contribution < -0.4 is 23.8 Å². The Bertz CT molecular complexity index is 1640. The van der Waals surface area contributed by atoms with Crippen LogP contribution in [0.4, 0.5) is 5.69 Å². The summed E-state index contributed by atoms with van der Waals surface area (Å²) < 4.78 is 23.2. The summed E-state index contributed by atoms with van der Waals surface area (Å²) in [7, 11) is 5.19. The van der Waals surface area contributed by atoms with Crippen molar-refractivity contribution in [1.29, 1.82) is 5.26 Å². The molecule has 0 aliphatic carbocycles. The van der Waals surface area contributed by atoms with E-state index in [1.54, 1.807) is 14.2 Å². The lowest BCUT2D eigenvalue weighted by atomic mass is 9.73. The number of methoxy groups -OCH3 is 2. The third kappa shape index (κ3) is 3.43. The van der Waals surface area contributed by atoms with E-state index in [1.165, 1.54) is 13.8 Å². The number of esters is 2. The highest BCUT2D eigenvalue weighted by atomic mass is 16.6. The predicted octanol–water partition coefficient (Wildman–Crippen LogP) is 3.89. The first-order chi connectivity index (χ1) is 19.1. The van der Waals surface area contributed by atoms with E-state index in [0.29, 0.717) is 35.8 Å². The molecule has 0 unspecified atom stereocenters. The lowest BCUT2D eigenvalue weighted by molar-refractivity contribution is -0.133. The summed E-state index contributed by atoms with van der Waals surface area (Å²) in [6.07, 6.45) is 3.01. The number of likely N-dealkylation sites (N-methyl/N-ethyl adjacent to an activating group) is 1. The van der Waals surface area contributed by atoms with E-state index in [1.807, 2.05) is 27.1 Å². The summed E-state index contributed by atoms with van der Waals surface area (Å²) in [4.78, 5) is 32.3. The summed E-state index contributed by atoms with van der Waals surface area (Å²) in [5, 5.41) is 11.5. The second-order valence-corrected chi connectivity index (χ2v) is 10.8. The topological polar surface area (TPSA) is 117 Å². The molecular formula is C30H32N4O6. The van der Waals surface area contributed by atoms with E-state index in [0.717, 1.165) is 44.4 Å². The first-order valence-corrected chi connectivity index (χ1v) is 13.3. The van der Waals surface area contributed by atoms with Gasteiger partial charge >= 0.3 is 11.9 Å². The lowest BCUT2D eigenvalue weighted by Gasteiger charge is -2.58. The van der Waals surface area contributed by atoms with Gasteiger partial charge in [0.2, 0.25) is 0 Å². The fourth-order valence-corrected chi connectivity index (χ4v) is 7.32. The Labute approximate surface area is 232 Å². The predicted molar refractivity (Wildman–Crippen MR) is 147 cm³/mol. The van der Waals surface area contributed by atoms with E-state index in [4.69, 9.17) is 18.9 Å². The van der Waals surface area contributed by atoms with Gasteiger partial charge in [-0.1, -0.05) is 6.07 Å². The van der Waals surface area contributed by atoms with Gasteiger partial charge in [-0.3, -0.25) is 14.5 Å². The average molecular weight is 545 g/mol. The number of rotatable bonds is 4. The number of nitrogens with one attached hydrogen (secondary N) is 1. The maximum absolute atomic E-state index is 12.3. The van der Waals surface area contributed by atoms with E-state index < -0.39 is 18.0 Å². The van der Waals surface area contributed by atoms with Crippen molar-refractivity contribution in [2.45, 2.75) is 64.7 Å². The van der Waals surface area contributed by atoms with Crippen molar-refractivity contribution in [1.82, 2.24) is 9.88 Å². The van der Waals surface area contributed by atoms with E-state index >= 15 is 0 Å². The maximum atomic E-state index is 12.3. The standard InChI is InChI=1S/C30H32N4O6/c1-13-8-17-9-19-21(11-31)34-20(26(33(19)5)23(17)30(27(13)37-6)40-16(4)36)10-18-24-22(34)12-32-25(24)29(38-7)14(2)28(18)39-15(3)35/h8,12,19-21,26,32H,9-10H2,1-7H3/t19-,20-,21-,26-/m0/s1. The Morgan fingerprint density at radius 1 is 1.00 bits per heavy atom. The van der Waals surface area contributed by atoms with Crippen molar-refractivity contribution in [3.8, 4) is 29.1 Å². The molecule has 0 radical (unpaired) electrons. The first kappa shape index (κ1) is 26.0. The van der Waals surface area contributed by atoms with Gasteiger partial charge in [0.05, 0.1) is 43.6 Å². The lowest BCUT2D eigenvalue weighted by Crippen LogP contribution is -2.67. The number of benzene rings is 2. The molecule has 2 bridgehead atoms. The fraction of sp³-hybridized carbons (Fsp3) is 0.433. The van der Waals surface area contributed by atoms with Gasteiger partial charge in [0.1, 0.15) is 17.5 Å². The minimum atomic E-state index is -0.449. The summed E-state index contributed by atoms with van der Waals surface area (Å²) in [5.74, 6) is 1.18. The SMILES string of the molecule is COc1c(C)cc2c(c1OC(C)=O)[C@@H]1[C@@H]3Cc4c(OC(C)=O)c(C)c(OC)c5[nH]cc(c45)N3[C@@H](C#N)[C@H](C2)N1C. The minimum Gasteiger partial charge on any atom is -0.494 e. The molecule has 3 aromatic rings. The molecule has 208 valence electrons. The molecule has 3 aliphatic heterocycles. The molecule has 0 amide bonds. The zero-order chi connectivity index (χ0) is 28.6. The zero-order valence-corrected chi connectivity index (χ0v) is 23.7. The van der Waals surface area contributed by atoms with Crippen molar-refractivity contribution < 1.29 is 28.5 Å². The Hall–Kier alpha value is -4.23. The van der Waals surface area contributed by atoms with Crippen LogP contribution in [0.1, 0.15) is 47.7 Å². The molecule has 6 rings (SSSR count). The van der Waals surface area contributed by atoms with Crippen LogP contribution in [0.25, 0.3) is 10.9 Å². The number of hydrogen-bond donors (Lipinski definition) is 1. The molecule has 10 nitrogen and oxygen atoms in total. The molecule has 1 saturated heterocycles. The van der Waals surface area contributed by atoms with E-state index in [2.05, 4.69) is 26.9 Å². The van der Waals surface area contributed by atoms with Crippen LogP contribution in [-0.4, -0.2) is 61.2 Å². The Kier molecular flexibility index (Phi) is 5.96. The molecule has 0 spiro atoms. The number of aryl methyl sites for hydroxylation is 1. The fourth-order valence-electron chi connectivity index (χ4n) is 7.32. The minimum absolute atomic E-state index is 0.108. The van der Waals surface area contributed by atoms with Gasteiger partial charge < -0.3 is 28.8 Å². The highest BCUT2D eigenvalue weighted by Gasteiger charge is 2.54. The van der Waals surface area contributed by atoms with Gasteiger partial charge in [-0.05, 0) is 44.9 Å². The molecule has 4 heterocycles. The molecular weight excluding hydrogens is 512 g/mol. The zero-order valence-electron chi connectivity index (χ0n) is 23.7. The number of carbonyl (C=O) groups is 2. The second-order valence-electron chi connectivity index (χ2n) is 10.8. The number of piperazine rings is 1. The molecule has 10 heteroatoms. The van der Waals surface area contributed by atoms with Gasteiger partial charge in [-0.15, -0.1) is 0 Å². The van der Waals surface area contributed by atoms with Crippen LogP contribution in [0.15, 0.2) is 12.3 Å². The summed E-state index contributed by atoms with van der Waals surface area (Å²) in [5.41, 5.74) is 6.06. The largest absolute Gasteiger partial charge is 0.494 e. The molecule has 0 saturated carbocycles. The Morgan fingerprint density at radius 2 is 1.68 bits per heavy atom. The molecule has 3 aliphatic rings. The normalized spacial score (nSPS) is 22.7. The molecule has 1 N–H and O–H groups in total. The number of carbonyl (C=O) groups excluding carboxylic acids is 2. The van der Waals surface area contributed by atoms with Crippen LogP contribution in [0.2, 0.25) is 0 Å². The highest BCUT2D eigenvalue weighted by molar-refractivity contribution is 6.03. The van der Waals surface area contributed by atoms with Gasteiger partial charge in [-0.2, -0.15) is 5.26 Å². The monoisotopic (exact) mass is 544 g/mol. The quantitative estimate of drug-likeness (QED) is 0.386. The van der Waals surface area contributed by atoms with Crippen molar-refractivity contribution >= 4 is 28.5 Å². The van der Waals surface area contributed by atoms with Gasteiger partial charge in [-0.25, -0.2) is 0 Å². The van der Waals surface area contributed by atoms with Crippen molar-refractivity contribution in [2.24, 2.45) is 0 Å². The summed E-state index contributed by atoms with van der Waals surface area (Å²) >= 11 is 0. The third-order valence-corrected chi connectivity index (χ3v) is 8.69. The van der Waals surface area contributed by atoms with Crippen LogP contribution in [0.3, 0.4) is 0 Å². The van der Waals surface area contributed by atoms with Gasteiger partial charge in [0, 0.05) is 48.2 Å². The number of hydrogen-bond acceptors (Lipinski definition) is 9. The number of aromatic nitrogens is 1. The summed E-state index contributed by atoms with van der Waals surface area (Å²) in [6.45, 7) is 6.59. The average Bonchev–Trinajstić information content (AvgIpc) is 3.32. The maximum Gasteiger partial charge on any atom is 0.308 e. The smallest absolute Gasteiger partial charge is 0.308 e. The number of nitrogens with zero attached hydrogens (tertiary/aromatic N) is 3. The van der Waals surface area contributed by atoms with Crippen molar-refractivity contribution in [3.63, 3.8) is 0 Å². The van der Waals surface area contributed by atoms with Crippen molar-refractivity contribution in [3.05, 3.63) is 40.1 Å². The Morgan fingerprint density at radius 3 is 2.30 bits per heavy atom. The molecule has 40 heavy (non-hydrogen) atoms. The number of fused-ring (bicyclic) bond motifs is 7. The number of ether oxygens (including phenoxy) is 4. The van der Waals surface area contributed by atoms with E-state index in [-0.39, 0.29) is 18.1 Å². The summed E-state index contributed by atoms with van der Waals surface area (Å²) in [6, 6.07) is 3.65. The van der Waals surface area contributed by atoms with E-state index in [9.17, 15) is 14.9 Å². The van der Waals surface area contributed by atoms with Gasteiger partial charge in [0.15, 0.2) is 11.5 Å². The molecule has 1 aromatic heterocycles. The number of H-pyrrole nitrogens is 1. The Balaban J connectivity index is 1.64. The number of aromatic amines is 1. The van der Waals surface area contributed by atoms with Crippen LogP contribution in [-0.2, 0) is 22.4 Å². The first-order valence-electron chi connectivity index (χ1n) is 13.3. The number of nitriles is 1. The van der Waals surface area contributed by atoms with Crippen LogP contribution >= 0.6 is 0 Å². The number of anilines is 1. The van der Waals surface area contributed by atoms with Gasteiger partial charge in [0.25, 0.3) is 0 Å². The molecule has 1 fully saturated rings. The third-order valence-electron chi connectivity index (χ3n) is 8.69. The van der Waals surface area contributed by atoms with Crippen molar-refractivity contribution in [2.75, 3.05) is 26.2 Å². The second kappa shape index (κ2) is 9.17. The molecule has 2 aromatic carbocycles. The highest BCUT2D eigenvalue weighted by Crippen LogP contribution is 2.56. The van der Waals surface area contributed by atoms with Crippen LogP contribution in [0, 0.1) is 25.2 Å². The molecule has 4 atom stereocenters.